The Kier molecular flexibility index (Phi) is 7.77. The second-order valence-corrected chi connectivity index (χ2v) is 16.7. The molecular formula is C55H39NS. The van der Waals surface area contributed by atoms with Gasteiger partial charge in [-0.15, -0.1) is 11.3 Å². The van der Waals surface area contributed by atoms with Crippen LogP contribution in [0.15, 0.2) is 200 Å². The largest absolute Gasteiger partial charge is 0.310 e. The Labute approximate surface area is 337 Å². The van der Waals surface area contributed by atoms with Crippen LogP contribution in [0, 0.1) is 0 Å². The third kappa shape index (κ3) is 5.44. The summed E-state index contributed by atoms with van der Waals surface area (Å²) in [7, 11) is 0. The first-order valence-electron chi connectivity index (χ1n) is 19.8. The lowest BCUT2D eigenvalue weighted by atomic mass is 9.79. The monoisotopic (exact) mass is 745 g/mol. The number of hydrogen-bond acceptors (Lipinski definition) is 2. The van der Waals surface area contributed by atoms with Crippen molar-refractivity contribution in [2.75, 3.05) is 4.90 Å². The fraction of sp³-hybridized carbons (Fsp3) is 0.0545. The third-order valence-corrected chi connectivity index (χ3v) is 13.3. The lowest BCUT2D eigenvalue weighted by molar-refractivity contribution is 0.662. The Morgan fingerprint density at radius 2 is 1.04 bits per heavy atom. The van der Waals surface area contributed by atoms with Gasteiger partial charge >= 0.3 is 0 Å². The quantitative estimate of drug-likeness (QED) is 0.164. The predicted molar refractivity (Wildman–Crippen MR) is 245 cm³/mol. The van der Waals surface area contributed by atoms with Gasteiger partial charge < -0.3 is 4.90 Å². The first-order chi connectivity index (χ1) is 28.0. The van der Waals surface area contributed by atoms with Crippen LogP contribution in [0.3, 0.4) is 0 Å². The minimum Gasteiger partial charge on any atom is -0.310 e. The number of para-hydroxylation sites is 1. The molecule has 1 nitrogen and oxygen atoms in total. The van der Waals surface area contributed by atoms with Crippen molar-refractivity contribution in [2.24, 2.45) is 0 Å². The van der Waals surface area contributed by atoms with Gasteiger partial charge in [0.05, 0.1) is 5.69 Å². The summed E-state index contributed by atoms with van der Waals surface area (Å²) in [6, 6.07) is 73.8. The summed E-state index contributed by atoms with van der Waals surface area (Å²) in [5.41, 5.74) is 16.1. The first kappa shape index (κ1) is 33.6. The van der Waals surface area contributed by atoms with E-state index in [0.29, 0.717) is 0 Å². The first-order valence-corrected chi connectivity index (χ1v) is 20.6. The summed E-state index contributed by atoms with van der Waals surface area (Å²) < 4.78 is 2.62. The zero-order chi connectivity index (χ0) is 38.1. The molecular weight excluding hydrogens is 707 g/mol. The summed E-state index contributed by atoms with van der Waals surface area (Å²) in [6.07, 6.45) is 0. The standard InChI is InChI=1S/C55H39NS/c1-55(2)50-25-8-5-18-44(50)47-22-12-21-43(53(47)55)37-30-32-41(33-31-37)56(42-17-11-16-39(35-42)40-29-28-36-14-3-4-15-38(36)34-40)51-26-9-6-19-45(51)48-23-13-24-49-46-20-7-10-27-52(46)57-54(48)49/h3-35H,1-2H3. The summed E-state index contributed by atoms with van der Waals surface area (Å²) in [5, 5.41) is 5.11. The van der Waals surface area contributed by atoms with E-state index in [1.807, 2.05) is 11.3 Å². The molecule has 0 atom stereocenters. The molecule has 0 saturated heterocycles. The second kappa shape index (κ2) is 13.2. The van der Waals surface area contributed by atoms with Gasteiger partial charge in [-0.3, -0.25) is 0 Å². The van der Waals surface area contributed by atoms with Crippen LogP contribution >= 0.6 is 11.3 Å². The van der Waals surface area contributed by atoms with Crippen LogP contribution in [0.25, 0.3) is 75.5 Å². The summed E-state index contributed by atoms with van der Waals surface area (Å²) in [4.78, 5) is 2.45. The molecule has 1 aromatic heterocycles. The molecule has 9 aromatic carbocycles. The zero-order valence-electron chi connectivity index (χ0n) is 31.9. The number of rotatable bonds is 6. The molecule has 1 heterocycles. The highest BCUT2D eigenvalue weighted by Gasteiger charge is 2.37. The summed E-state index contributed by atoms with van der Waals surface area (Å²) >= 11 is 1.88. The Bertz CT molecular complexity index is 3170. The minimum atomic E-state index is -0.0943. The van der Waals surface area contributed by atoms with Crippen molar-refractivity contribution in [3.8, 4) is 44.5 Å². The molecule has 1 aliphatic carbocycles. The molecule has 1 aliphatic rings. The van der Waals surface area contributed by atoms with Crippen LogP contribution < -0.4 is 4.90 Å². The molecule has 10 aromatic rings. The van der Waals surface area contributed by atoms with Crippen molar-refractivity contribution in [1.82, 2.24) is 0 Å². The Hall–Kier alpha value is -6.74. The van der Waals surface area contributed by atoms with Gasteiger partial charge in [0, 0.05) is 48.1 Å². The molecule has 11 rings (SSSR count). The van der Waals surface area contributed by atoms with Crippen LogP contribution in [-0.4, -0.2) is 0 Å². The highest BCUT2D eigenvalue weighted by atomic mass is 32.1. The summed E-state index contributed by atoms with van der Waals surface area (Å²) in [5.74, 6) is 0. The third-order valence-electron chi connectivity index (χ3n) is 12.0. The molecule has 0 radical (unpaired) electrons. The van der Waals surface area contributed by atoms with E-state index >= 15 is 0 Å². The molecule has 0 fully saturated rings. The molecule has 0 bridgehead atoms. The van der Waals surface area contributed by atoms with Crippen LogP contribution in [0.5, 0.6) is 0 Å². The fourth-order valence-corrected chi connectivity index (χ4v) is 10.6. The van der Waals surface area contributed by atoms with Gasteiger partial charge in [0.2, 0.25) is 0 Å². The molecule has 2 heteroatoms. The summed E-state index contributed by atoms with van der Waals surface area (Å²) in [6.45, 7) is 4.74. The van der Waals surface area contributed by atoms with Gasteiger partial charge in [-0.25, -0.2) is 0 Å². The molecule has 0 amide bonds. The predicted octanol–water partition coefficient (Wildman–Crippen LogP) is 16.0. The smallest absolute Gasteiger partial charge is 0.0540 e. The molecule has 270 valence electrons. The normalized spacial score (nSPS) is 12.9. The number of benzene rings is 9. The SMILES string of the molecule is CC1(C)c2ccccc2-c2cccc(-c3ccc(N(c4cccc(-c5ccc6ccccc6c5)c4)c4ccccc4-c4cccc5c4sc4ccccc45)cc3)c21. The molecule has 0 aliphatic heterocycles. The van der Waals surface area contributed by atoms with Crippen LogP contribution in [0.2, 0.25) is 0 Å². The average Bonchev–Trinajstić information content (AvgIpc) is 3.76. The fourth-order valence-electron chi connectivity index (χ4n) is 9.35. The Morgan fingerprint density at radius 3 is 1.93 bits per heavy atom. The number of anilines is 3. The number of thiophene rings is 1. The van der Waals surface area contributed by atoms with E-state index in [2.05, 4.69) is 219 Å². The maximum atomic E-state index is 2.45. The highest BCUT2D eigenvalue weighted by molar-refractivity contribution is 7.26. The van der Waals surface area contributed by atoms with Gasteiger partial charge in [0.25, 0.3) is 0 Å². The molecule has 0 N–H and O–H groups in total. The van der Waals surface area contributed by atoms with Crippen molar-refractivity contribution >= 4 is 59.3 Å². The van der Waals surface area contributed by atoms with Gasteiger partial charge in [-0.05, 0) is 97.7 Å². The molecule has 0 spiro atoms. The highest BCUT2D eigenvalue weighted by Crippen LogP contribution is 2.52. The topological polar surface area (TPSA) is 3.24 Å². The van der Waals surface area contributed by atoms with E-state index in [9.17, 15) is 0 Å². The van der Waals surface area contributed by atoms with E-state index in [1.165, 1.54) is 86.6 Å². The van der Waals surface area contributed by atoms with Crippen LogP contribution in [0.1, 0.15) is 25.0 Å². The van der Waals surface area contributed by atoms with Gasteiger partial charge in [-0.1, -0.05) is 172 Å². The van der Waals surface area contributed by atoms with Crippen molar-refractivity contribution in [3.63, 3.8) is 0 Å². The van der Waals surface area contributed by atoms with Crippen molar-refractivity contribution in [2.45, 2.75) is 19.3 Å². The van der Waals surface area contributed by atoms with Crippen molar-refractivity contribution < 1.29 is 0 Å². The average molecular weight is 746 g/mol. The van der Waals surface area contributed by atoms with E-state index in [1.54, 1.807) is 0 Å². The van der Waals surface area contributed by atoms with Crippen molar-refractivity contribution in [1.29, 1.82) is 0 Å². The number of nitrogens with zero attached hydrogens (tertiary/aromatic N) is 1. The van der Waals surface area contributed by atoms with E-state index in [0.717, 1.165) is 17.1 Å². The van der Waals surface area contributed by atoms with Crippen LogP contribution in [0.4, 0.5) is 17.1 Å². The lowest BCUT2D eigenvalue weighted by Crippen LogP contribution is -2.16. The maximum Gasteiger partial charge on any atom is 0.0540 e. The zero-order valence-corrected chi connectivity index (χ0v) is 32.7. The number of hydrogen-bond donors (Lipinski definition) is 0. The van der Waals surface area contributed by atoms with Gasteiger partial charge in [-0.2, -0.15) is 0 Å². The lowest BCUT2D eigenvalue weighted by Gasteiger charge is -2.29. The molecule has 0 saturated carbocycles. The Balaban J connectivity index is 1.08. The van der Waals surface area contributed by atoms with Gasteiger partial charge in [0.15, 0.2) is 0 Å². The van der Waals surface area contributed by atoms with E-state index in [4.69, 9.17) is 0 Å². The minimum absolute atomic E-state index is 0.0943. The Morgan fingerprint density at radius 1 is 0.404 bits per heavy atom. The second-order valence-electron chi connectivity index (χ2n) is 15.7. The van der Waals surface area contributed by atoms with Gasteiger partial charge in [0.1, 0.15) is 0 Å². The molecule has 0 unspecified atom stereocenters. The molecule has 57 heavy (non-hydrogen) atoms. The van der Waals surface area contributed by atoms with Crippen molar-refractivity contribution in [3.05, 3.63) is 211 Å². The number of fused-ring (bicyclic) bond motifs is 7. The van der Waals surface area contributed by atoms with E-state index in [-0.39, 0.29) is 5.41 Å². The van der Waals surface area contributed by atoms with E-state index < -0.39 is 0 Å². The maximum absolute atomic E-state index is 2.45. The van der Waals surface area contributed by atoms with Crippen LogP contribution in [-0.2, 0) is 5.41 Å².